The molecular formula is C24H26FN3O2. The standard InChI is InChI=1S/C24H26FN3O2/c1-15(2)21-20-22(16-5-7-17(25)8-6-16)28(18-9-11-19(30-4)12-10-18)24(29)23(20)27(3)14-13-26-21/h5-12,15,22H,13-14H2,1-4H3. The van der Waals surface area contributed by atoms with Gasteiger partial charge < -0.3 is 9.64 Å². The fourth-order valence-corrected chi connectivity index (χ4v) is 4.22. The van der Waals surface area contributed by atoms with Crippen molar-refractivity contribution in [1.82, 2.24) is 4.90 Å². The first kappa shape index (κ1) is 20.1. The van der Waals surface area contributed by atoms with Gasteiger partial charge in [-0.15, -0.1) is 0 Å². The second-order valence-corrected chi connectivity index (χ2v) is 7.93. The summed E-state index contributed by atoms with van der Waals surface area (Å²) in [5.41, 5.74) is 4.14. The Morgan fingerprint density at radius 2 is 1.77 bits per heavy atom. The van der Waals surface area contributed by atoms with Crippen molar-refractivity contribution in [2.75, 3.05) is 32.1 Å². The van der Waals surface area contributed by atoms with Gasteiger partial charge in [0.1, 0.15) is 17.3 Å². The average molecular weight is 407 g/mol. The van der Waals surface area contributed by atoms with Gasteiger partial charge in [-0.1, -0.05) is 26.0 Å². The van der Waals surface area contributed by atoms with Gasteiger partial charge in [-0.05, 0) is 47.9 Å². The molecule has 2 heterocycles. The second-order valence-electron chi connectivity index (χ2n) is 7.93. The molecule has 2 aliphatic heterocycles. The smallest absolute Gasteiger partial charge is 0.275 e. The number of ether oxygens (including phenoxy) is 1. The molecule has 1 atom stereocenters. The van der Waals surface area contributed by atoms with Crippen molar-refractivity contribution in [2.24, 2.45) is 10.9 Å². The SMILES string of the molecule is COc1ccc(N2C(=O)C3=C(C(C(C)C)=NCCN3C)C2c2ccc(F)cc2)cc1. The zero-order valence-electron chi connectivity index (χ0n) is 17.7. The van der Waals surface area contributed by atoms with Crippen molar-refractivity contribution in [3.63, 3.8) is 0 Å². The highest BCUT2D eigenvalue weighted by Crippen LogP contribution is 2.44. The minimum Gasteiger partial charge on any atom is -0.497 e. The number of benzene rings is 2. The second kappa shape index (κ2) is 7.94. The van der Waals surface area contributed by atoms with Crippen LogP contribution in [0.25, 0.3) is 0 Å². The van der Waals surface area contributed by atoms with Crippen LogP contribution in [-0.2, 0) is 4.79 Å². The molecule has 156 valence electrons. The van der Waals surface area contributed by atoms with Gasteiger partial charge in [0.05, 0.1) is 19.7 Å². The highest BCUT2D eigenvalue weighted by atomic mass is 19.1. The van der Waals surface area contributed by atoms with Gasteiger partial charge in [-0.25, -0.2) is 4.39 Å². The molecule has 2 aliphatic rings. The lowest BCUT2D eigenvalue weighted by Gasteiger charge is -2.29. The molecule has 0 fully saturated rings. The quantitative estimate of drug-likeness (QED) is 0.762. The number of amides is 1. The highest BCUT2D eigenvalue weighted by Gasteiger charge is 2.45. The van der Waals surface area contributed by atoms with Crippen molar-refractivity contribution in [3.05, 3.63) is 71.2 Å². The molecule has 2 aromatic rings. The summed E-state index contributed by atoms with van der Waals surface area (Å²) in [5, 5.41) is 0. The molecule has 6 heteroatoms. The van der Waals surface area contributed by atoms with Gasteiger partial charge in [0.2, 0.25) is 0 Å². The Bertz CT molecular complexity index is 1010. The third-order valence-corrected chi connectivity index (χ3v) is 5.67. The van der Waals surface area contributed by atoms with Crippen LogP contribution in [0, 0.1) is 11.7 Å². The van der Waals surface area contributed by atoms with E-state index in [-0.39, 0.29) is 23.7 Å². The molecule has 0 saturated carbocycles. The van der Waals surface area contributed by atoms with Crippen molar-refractivity contribution >= 4 is 17.3 Å². The lowest BCUT2D eigenvalue weighted by Crippen LogP contribution is -2.34. The van der Waals surface area contributed by atoms with Crippen molar-refractivity contribution in [3.8, 4) is 5.75 Å². The Hall–Kier alpha value is -3.15. The molecule has 2 aromatic carbocycles. The van der Waals surface area contributed by atoms with E-state index in [0.717, 1.165) is 28.3 Å². The molecule has 5 nitrogen and oxygen atoms in total. The van der Waals surface area contributed by atoms with Crippen LogP contribution in [0.4, 0.5) is 10.1 Å². The molecule has 1 unspecified atom stereocenters. The minimum absolute atomic E-state index is 0.0674. The number of rotatable bonds is 4. The third kappa shape index (κ3) is 3.36. The lowest BCUT2D eigenvalue weighted by atomic mass is 9.90. The van der Waals surface area contributed by atoms with Gasteiger partial charge in [0.25, 0.3) is 5.91 Å². The molecule has 30 heavy (non-hydrogen) atoms. The first-order valence-electron chi connectivity index (χ1n) is 10.2. The Labute approximate surface area is 176 Å². The Morgan fingerprint density at radius 3 is 2.37 bits per heavy atom. The summed E-state index contributed by atoms with van der Waals surface area (Å²) >= 11 is 0. The maximum absolute atomic E-state index is 13.7. The third-order valence-electron chi connectivity index (χ3n) is 5.67. The van der Waals surface area contributed by atoms with E-state index in [9.17, 15) is 9.18 Å². The maximum Gasteiger partial charge on any atom is 0.275 e. The van der Waals surface area contributed by atoms with E-state index in [4.69, 9.17) is 9.73 Å². The Balaban J connectivity index is 1.92. The number of likely N-dealkylation sites (N-methyl/N-ethyl adjacent to an activating group) is 1. The van der Waals surface area contributed by atoms with Gasteiger partial charge in [0.15, 0.2) is 0 Å². The molecule has 0 aromatic heterocycles. The first-order valence-corrected chi connectivity index (χ1v) is 10.2. The van der Waals surface area contributed by atoms with E-state index in [1.807, 2.05) is 36.2 Å². The van der Waals surface area contributed by atoms with Crippen LogP contribution in [0.3, 0.4) is 0 Å². The number of halogens is 1. The van der Waals surface area contributed by atoms with Crippen molar-refractivity contribution in [1.29, 1.82) is 0 Å². The van der Waals surface area contributed by atoms with E-state index in [0.29, 0.717) is 18.8 Å². The monoisotopic (exact) mass is 407 g/mol. The van der Waals surface area contributed by atoms with Crippen LogP contribution in [0.1, 0.15) is 25.5 Å². The molecule has 0 N–H and O–H groups in total. The molecule has 0 spiro atoms. The summed E-state index contributed by atoms with van der Waals surface area (Å²) in [6.07, 6.45) is 0. The maximum atomic E-state index is 13.7. The average Bonchev–Trinajstić information content (AvgIpc) is 2.92. The van der Waals surface area contributed by atoms with Crippen LogP contribution in [0.5, 0.6) is 5.75 Å². The summed E-state index contributed by atoms with van der Waals surface area (Å²) in [7, 11) is 3.55. The number of carbonyl (C=O) groups excluding carboxylic acids is 1. The van der Waals surface area contributed by atoms with Gasteiger partial charge in [-0.3, -0.25) is 14.7 Å². The molecule has 0 bridgehead atoms. The molecule has 0 aliphatic carbocycles. The zero-order valence-corrected chi connectivity index (χ0v) is 17.7. The number of anilines is 1. The predicted molar refractivity (Wildman–Crippen MR) is 116 cm³/mol. The lowest BCUT2D eigenvalue weighted by molar-refractivity contribution is -0.116. The molecule has 1 amide bonds. The summed E-state index contributed by atoms with van der Waals surface area (Å²) in [5.74, 6) is 0.513. The van der Waals surface area contributed by atoms with E-state index >= 15 is 0 Å². The number of hydrogen-bond acceptors (Lipinski definition) is 4. The van der Waals surface area contributed by atoms with Crippen molar-refractivity contribution in [2.45, 2.75) is 19.9 Å². The summed E-state index contributed by atoms with van der Waals surface area (Å²) < 4.78 is 19.0. The Kier molecular flexibility index (Phi) is 5.33. The number of aliphatic imine (C=N–C) groups is 1. The Morgan fingerprint density at radius 1 is 1.10 bits per heavy atom. The largest absolute Gasteiger partial charge is 0.497 e. The van der Waals surface area contributed by atoms with E-state index in [1.165, 1.54) is 12.1 Å². The fourth-order valence-electron chi connectivity index (χ4n) is 4.22. The van der Waals surface area contributed by atoms with Gasteiger partial charge in [0, 0.05) is 30.6 Å². The van der Waals surface area contributed by atoms with Crippen LogP contribution in [0.2, 0.25) is 0 Å². The molecule has 0 saturated heterocycles. The van der Waals surface area contributed by atoms with E-state index in [2.05, 4.69) is 13.8 Å². The molecule has 0 radical (unpaired) electrons. The summed E-state index contributed by atoms with van der Waals surface area (Å²) in [6.45, 7) is 5.50. The van der Waals surface area contributed by atoms with Crippen LogP contribution >= 0.6 is 0 Å². The predicted octanol–water partition coefficient (Wildman–Crippen LogP) is 4.22. The van der Waals surface area contributed by atoms with Crippen LogP contribution in [0.15, 0.2) is 64.8 Å². The van der Waals surface area contributed by atoms with E-state index < -0.39 is 0 Å². The van der Waals surface area contributed by atoms with Crippen molar-refractivity contribution < 1.29 is 13.9 Å². The fraction of sp³-hybridized carbons (Fsp3) is 0.333. The zero-order chi connectivity index (χ0) is 21.4. The minimum atomic E-state index is -0.372. The first-order chi connectivity index (χ1) is 14.4. The number of carbonyl (C=O) groups is 1. The number of methoxy groups -OCH3 is 1. The van der Waals surface area contributed by atoms with Gasteiger partial charge >= 0.3 is 0 Å². The molecule has 4 rings (SSSR count). The summed E-state index contributed by atoms with van der Waals surface area (Å²) in [6, 6.07) is 13.5. The normalized spacial score (nSPS) is 19.2. The topological polar surface area (TPSA) is 45.1 Å². The van der Waals surface area contributed by atoms with Crippen LogP contribution < -0.4 is 9.64 Å². The van der Waals surface area contributed by atoms with Crippen LogP contribution in [-0.4, -0.2) is 43.8 Å². The van der Waals surface area contributed by atoms with Gasteiger partial charge in [-0.2, -0.15) is 0 Å². The van der Waals surface area contributed by atoms with E-state index in [1.54, 1.807) is 24.1 Å². The highest BCUT2D eigenvalue weighted by molar-refractivity contribution is 6.19. The number of hydrogen-bond donors (Lipinski definition) is 0. The number of nitrogens with zero attached hydrogens (tertiary/aromatic N) is 3. The molecular weight excluding hydrogens is 381 g/mol. The summed E-state index contributed by atoms with van der Waals surface area (Å²) in [4.78, 5) is 22.4.